The molecule has 23 heavy (non-hydrogen) atoms. The van der Waals surface area contributed by atoms with Crippen molar-refractivity contribution in [1.82, 2.24) is 10.1 Å². The maximum Gasteiger partial charge on any atom is 0.275 e. The molecule has 0 radical (unpaired) electrons. The summed E-state index contributed by atoms with van der Waals surface area (Å²) in [6.45, 7) is 6.03. The number of amides is 1. The molecule has 6 heteroatoms. The molecule has 1 aliphatic rings. The molecule has 0 unspecified atom stereocenters. The molecule has 1 aromatic heterocycles. The van der Waals surface area contributed by atoms with Crippen molar-refractivity contribution in [1.29, 1.82) is 0 Å². The zero-order chi connectivity index (χ0) is 16.4. The van der Waals surface area contributed by atoms with E-state index in [-0.39, 0.29) is 12.0 Å². The van der Waals surface area contributed by atoms with E-state index in [9.17, 15) is 4.79 Å². The van der Waals surface area contributed by atoms with Crippen LogP contribution in [0.3, 0.4) is 0 Å². The average molecular weight is 315 g/mol. The first-order chi connectivity index (χ1) is 11.1. The van der Waals surface area contributed by atoms with Crippen molar-refractivity contribution in [2.45, 2.75) is 20.0 Å². The second-order valence-corrected chi connectivity index (χ2v) is 5.75. The predicted molar refractivity (Wildman–Crippen MR) is 86.9 cm³/mol. The number of fused-ring (bicyclic) bond motifs is 1. The molecule has 0 N–H and O–H groups in total. The van der Waals surface area contributed by atoms with Crippen molar-refractivity contribution >= 4 is 11.6 Å². The van der Waals surface area contributed by atoms with Crippen LogP contribution in [0.25, 0.3) is 0 Å². The Morgan fingerprint density at radius 3 is 2.91 bits per heavy atom. The van der Waals surface area contributed by atoms with Gasteiger partial charge in [-0.25, -0.2) is 0 Å². The average Bonchev–Trinajstić information content (AvgIpc) is 2.99. The molecule has 1 amide bonds. The zero-order valence-electron chi connectivity index (χ0n) is 13.7. The fourth-order valence-electron chi connectivity index (χ4n) is 2.82. The van der Waals surface area contributed by atoms with Gasteiger partial charge in [0.2, 0.25) is 0 Å². The van der Waals surface area contributed by atoms with E-state index >= 15 is 0 Å². The quantitative estimate of drug-likeness (QED) is 0.867. The minimum atomic E-state index is -0.160. The zero-order valence-corrected chi connectivity index (χ0v) is 13.7. The number of carbonyl (C=O) groups is 1. The summed E-state index contributed by atoms with van der Waals surface area (Å²) in [5.74, 6) is 1.33. The number of hydrogen-bond donors (Lipinski definition) is 0. The van der Waals surface area contributed by atoms with Gasteiger partial charge in [0.15, 0.2) is 5.69 Å². The second-order valence-electron chi connectivity index (χ2n) is 5.75. The van der Waals surface area contributed by atoms with Gasteiger partial charge in [-0.05, 0) is 26.0 Å². The van der Waals surface area contributed by atoms with Crippen LogP contribution in [0.1, 0.15) is 23.2 Å². The summed E-state index contributed by atoms with van der Waals surface area (Å²) in [4.78, 5) is 16.3. The normalized spacial score (nSPS) is 16.7. The lowest BCUT2D eigenvalue weighted by molar-refractivity contribution is 0.0699. The van der Waals surface area contributed by atoms with Crippen LogP contribution in [-0.2, 0) is 0 Å². The van der Waals surface area contributed by atoms with Crippen LogP contribution in [-0.4, -0.2) is 48.7 Å². The van der Waals surface area contributed by atoms with E-state index in [0.29, 0.717) is 18.0 Å². The van der Waals surface area contributed by atoms with Crippen molar-refractivity contribution < 1.29 is 14.1 Å². The molecule has 1 atom stereocenters. The maximum atomic E-state index is 12.4. The van der Waals surface area contributed by atoms with Gasteiger partial charge in [0.05, 0.1) is 18.8 Å². The number of para-hydroxylation sites is 2. The Kier molecular flexibility index (Phi) is 4.23. The van der Waals surface area contributed by atoms with Gasteiger partial charge >= 0.3 is 0 Å². The fourth-order valence-corrected chi connectivity index (χ4v) is 2.82. The lowest BCUT2D eigenvalue weighted by Crippen LogP contribution is -2.46. The minimum Gasteiger partial charge on any atom is -0.485 e. The molecule has 6 nitrogen and oxygen atoms in total. The number of anilines is 1. The molecule has 0 spiro atoms. The molecule has 122 valence electrons. The predicted octanol–water partition coefficient (Wildman–Crippen LogP) is 2.34. The summed E-state index contributed by atoms with van der Waals surface area (Å²) in [7, 11) is 1.76. The summed E-state index contributed by atoms with van der Waals surface area (Å²) in [5, 5.41) is 3.78. The Hall–Kier alpha value is -2.50. The van der Waals surface area contributed by atoms with Gasteiger partial charge in [-0.1, -0.05) is 17.3 Å². The van der Waals surface area contributed by atoms with Gasteiger partial charge < -0.3 is 19.1 Å². The third-order valence-electron chi connectivity index (χ3n) is 3.98. The molecule has 1 aliphatic heterocycles. The molecule has 3 rings (SSSR count). The Bertz CT molecular complexity index is 698. The summed E-state index contributed by atoms with van der Waals surface area (Å²) in [5.41, 5.74) is 1.43. The fraction of sp³-hybridized carbons (Fsp3) is 0.412. The highest BCUT2D eigenvalue weighted by molar-refractivity contribution is 5.92. The smallest absolute Gasteiger partial charge is 0.275 e. The Labute approximate surface area is 135 Å². The number of carbonyl (C=O) groups excluding carboxylic acids is 1. The first-order valence-electron chi connectivity index (χ1n) is 7.78. The molecule has 0 saturated carbocycles. The highest BCUT2D eigenvalue weighted by Gasteiger charge is 2.27. The summed E-state index contributed by atoms with van der Waals surface area (Å²) in [6.07, 6.45) is -0.0770. The van der Waals surface area contributed by atoms with Crippen molar-refractivity contribution in [2.75, 3.05) is 31.6 Å². The molecule has 0 bridgehead atoms. The maximum absolute atomic E-state index is 12.4. The molecule has 1 aromatic carbocycles. The van der Waals surface area contributed by atoms with Gasteiger partial charge in [0.25, 0.3) is 5.91 Å². The van der Waals surface area contributed by atoms with Gasteiger partial charge in [0.1, 0.15) is 17.6 Å². The molecule has 0 saturated heterocycles. The number of likely N-dealkylation sites (N-methyl/N-ethyl adjacent to an activating group) is 2. The molecule has 0 fully saturated rings. The van der Waals surface area contributed by atoms with Gasteiger partial charge in [-0.15, -0.1) is 0 Å². The van der Waals surface area contributed by atoms with Crippen LogP contribution in [0, 0.1) is 6.92 Å². The van der Waals surface area contributed by atoms with Gasteiger partial charge in [-0.3, -0.25) is 4.79 Å². The SMILES string of the molecule is CCN1C[C@@H](CN(C)C(=O)c2cc(C)on2)Oc2ccccc21. The monoisotopic (exact) mass is 315 g/mol. The van der Waals surface area contributed by atoms with Gasteiger partial charge in [0, 0.05) is 19.7 Å². The van der Waals surface area contributed by atoms with Crippen molar-refractivity contribution in [2.24, 2.45) is 0 Å². The standard InChI is InChI=1S/C17H21N3O3/c1-4-20-11-13(22-16-8-6-5-7-15(16)20)10-19(3)17(21)14-9-12(2)23-18-14/h5-9,13H,4,10-11H2,1-3H3/t13-/m1/s1. The number of aromatic nitrogens is 1. The van der Waals surface area contributed by atoms with E-state index in [0.717, 1.165) is 24.5 Å². The third kappa shape index (κ3) is 3.16. The van der Waals surface area contributed by atoms with Gasteiger partial charge in [-0.2, -0.15) is 0 Å². The Morgan fingerprint density at radius 1 is 1.43 bits per heavy atom. The van der Waals surface area contributed by atoms with E-state index in [1.807, 2.05) is 18.2 Å². The number of ether oxygens (including phenoxy) is 1. The second kappa shape index (κ2) is 6.32. The third-order valence-corrected chi connectivity index (χ3v) is 3.98. The molecular weight excluding hydrogens is 294 g/mol. The summed E-state index contributed by atoms with van der Waals surface area (Å²) < 4.78 is 11.0. The first-order valence-corrected chi connectivity index (χ1v) is 7.78. The summed E-state index contributed by atoms with van der Waals surface area (Å²) >= 11 is 0. The van der Waals surface area contributed by atoms with E-state index < -0.39 is 0 Å². The van der Waals surface area contributed by atoms with E-state index in [4.69, 9.17) is 9.26 Å². The Balaban J connectivity index is 1.70. The highest BCUT2D eigenvalue weighted by atomic mass is 16.5. The van der Waals surface area contributed by atoms with E-state index in [2.05, 4.69) is 23.0 Å². The van der Waals surface area contributed by atoms with E-state index in [1.54, 1.807) is 24.9 Å². The van der Waals surface area contributed by atoms with Crippen LogP contribution in [0.15, 0.2) is 34.9 Å². The lowest BCUT2D eigenvalue weighted by atomic mass is 10.1. The lowest BCUT2D eigenvalue weighted by Gasteiger charge is -2.37. The number of aryl methyl sites for hydroxylation is 1. The first kappa shape index (κ1) is 15.4. The Morgan fingerprint density at radius 2 is 2.22 bits per heavy atom. The molecule has 0 aliphatic carbocycles. The number of benzene rings is 1. The number of hydrogen-bond acceptors (Lipinski definition) is 5. The van der Waals surface area contributed by atoms with Crippen LogP contribution in [0.4, 0.5) is 5.69 Å². The number of rotatable bonds is 4. The van der Waals surface area contributed by atoms with Crippen LogP contribution in [0.5, 0.6) is 5.75 Å². The minimum absolute atomic E-state index is 0.0770. The van der Waals surface area contributed by atoms with Crippen LogP contribution < -0.4 is 9.64 Å². The van der Waals surface area contributed by atoms with Crippen LogP contribution >= 0.6 is 0 Å². The molecule has 2 aromatic rings. The highest BCUT2D eigenvalue weighted by Crippen LogP contribution is 2.32. The molecule has 2 heterocycles. The number of nitrogens with zero attached hydrogens (tertiary/aromatic N) is 3. The van der Waals surface area contributed by atoms with Crippen molar-refractivity contribution in [3.05, 3.63) is 41.8 Å². The van der Waals surface area contributed by atoms with E-state index in [1.165, 1.54) is 0 Å². The van der Waals surface area contributed by atoms with Crippen molar-refractivity contribution in [3.8, 4) is 5.75 Å². The van der Waals surface area contributed by atoms with Crippen LogP contribution in [0.2, 0.25) is 0 Å². The topological polar surface area (TPSA) is 58.8 Å². The van der Waals surface area contributed by atoms with Crippen molar-refractivity contribution in [3.63, 3.8) is 0 Å². The molecular formula is C17H21N3O3. The summed E-state index contributed by atoms with van der Waals surface area (Å²) in [6, 6.07) is 9.64. The largest absolute Gasteiger partial charge is 0.485 e.